The molecule has 1 aromatic rings. The molecule has 0 aromatic heterocycles. The molecule has 2 rings (SSSR count). The quantitative estimate of drug-likeness (QED) is 0.919. The Bertz CT molecular complexity index is 533. The Morgan fingerprint density at radius 3 is 2.76 bits per heavy atom. The van der Waals surface area contributed by atoms with E-state index in [9.17, 15) is 13.0 Å². The van der Waals surface area contributed by atoms with Crippen molar-refractivity contribution < 1.29 is 13.0 Å². The van der Waals surface area contributed by atoms with Gasteiger partial charge >= 0.3 is 0 Å². The number of rotatable bonds is 4. The summed E-state index contributed by atoms with van der Waals surface area (Å²) in [6.07, 6.45) is 2.77. The van der Waals surface area contributed by atoms with Crippen molar-refractivity contribution in [2.45, 2.75) is 56.2 Å². The van der Waals surface area contributed by atoms with E-state index in [0.717, 1.165) is 44.0 Å². The van der Waals surface area contributed by atoms with Crippen LogP contribution in [0.25, 0.3) is 0 Å². The number of hydrogen-bond donors (Lipinski definition) is 1. The molecule has 1 aromatic carbocycles. The summed E-state index contributed by atoms with van der Waals surface area (Å²) in [5, 5.41) is 3.21. The summed E-state index contributed by atoms with van der Waals surface area (Å²) < 4.78 is 40.1. The molecular weight excluding hydrogens is 292 g/mol. The second-order valence-corrected chi connectivity index (χ2v) is 7.97. The lowest BCUT2D eigenvalue weighted by Gasteiger charge is -2.44. The normalized spacial score (nSPS) is 26.5. The zero-order valence-electron chi connectivity index (χ0n) is 12.8. The molecule has 0 spiro atoms. The van der Waals surface area contributed by atoms with Gasteiger partial charge in [0.25, 0.3) is 0 Å². The van der Waals surface area contributed by atoms with Crippen LogP contribution in [0, 0.1) is 17.0 Å². The van der Waals surface area contributed by atoms with E-state index in [1.165, 1.54) is 0 Å². The largest absolute Gasteiger partial charge is 0.313 e. The van der Waals surface area contributed by atoms with Crippen LogP contribution in [0.5, 0.6) is 0 Å². The Balaban J connectivity index is 2.33. The van der Waals surface area contributed by atoms with E-state index in [0.29, 0.717) is 0 Å². The van der Waals surface area contributed by atoms with Gasteiger partial charge in [0.15, 0.2) is 0 Å². The lowest BCUT2D eigenvalue weighted by Crippen LogP contribution is -2.54. The molecule has 21 heavy (non-hydrogen) atoms. The highest BCUT2D eigenvalue weighted by atomic mass is 32.2. The van der Waals surface area contributed by atoms with Crippen LogP contribution in [-0.2, 0) is 10.8 Å². The summed E-state index contributed by atoms with van der Waals surface area (Å²) >= 11 is 0. The SMILES string of the molecule is CCNC1C(S(=O)c2cc(F)ccc2F)CCCC1(C)C. The fraction of sp³-hybridized carbons (Fsp3) is 0.625. The molecule has 0 radical (unpaired) electrons. The second kappa shape index (κ2) is 6.53. The van der Waals surface area contributed by atoms with Crippen LogP contribution >= 0.6 is 0 Å². The van der Waals surface area contributed by atoms with Gasteiger partial charge in [-0.15, -0.1) is 0 Å². The summed E-state index contributed by atoms with van der Waals surface area (Å²) in [6, 6.07) is 3.22. The second-order valence-electron chi connectivity index (χ2n) is 6.33. The minimum atomic E-state index is -1.55. The molecule has 118 valence electrons. The minimum Gasteiger partial charge on any atom is -0.313 e. The number of hydrogen-bond acceptors (Lipinski definition) is 2. The third-order valence-corrected chi connectivity index (χ3v) is 6.14. The zero-order valence-corrected chi connectivity index (χ0v) is 13.6. The molecule has 0 aliphatic heterocycles. The van der Waals surface area contributed by atoms with Gasteiger partial charge in [-0.05, 0) is 43.0 Å². The Morgan fingerprint density at radius 2 is 2.10 bits per heavy atom. The van der Waals surface area contributed by atoms with Crippen molar-refractivity contribution in [3.05, 3.63) is 29.8 Å². The zero-order chi connectivity index (χ0) is 15.6. The van der Waals surface area contributed by atoms with Crippen LogP contribution < -0.4 is 5.32 Å². The van der Waals surface area contributed by atoms with Crippen LogP contribution in [0.2, 0.25) is 0 Å². The Morgan fingerprint density at radius 1 is 1.38 bits per heavy atom. The fourth-order valence-electron chi connectivity index (χ4n) is 3.24. The van der Waals surface area contributed by atoms with Gasteiger partial charge in [0.05, 0.1) is 20.9 Å². The molecule has 3 atom stereocenters. The van der Waals surface area contributed by atoms with Crippen LogP contribution in [0.4, 0.5) is 8.78 Å². The van der Waals surface area contributed by atoms with Crippen LogP contribution in [0.15, 0.2) is 23.1 Å². The summed E-state index contributed by atoms with van der Waals surface area (Å²) in [5.74, 6) is -1.14. The maximum atomic E-state index is 13.9. The van der Waals surface area contributed by atoms with Crippen molar-refractivity contribution in [2.75, 3.05) is 6.54 Å². The minimum absolute atomic E-state index is 0.00160. The monoisotopic (exact) mass is 315 g/mol. The first kappa shape index (κ1) is 16.6. The summed E-state index contributed by atoms with van der Waals surface area (Å²) in [5.41, 5.74) is -0.00160. The first-order valence-corrected chi connectivity index (χ1v) is 8.67. The molecule has 3 unspecified atom stereocenters. The molecule has 1 saturated carbocycles. The van der Waals surface area contributed by atoms with E-state index in [2.05, 4.69) is 19.2 Å². The van der Waals surface area contributed by atoms with E-state index in [1.807, 2.05) is 6.92 Å². The van der Waals surface area contributed by atoms with Crippen molar-refractivity contribution >= 4 is 10.8 Å². The molecular formula is C16H23F2NOS. The molecule has 5 heteroatoms. The standard InChI is InChI=1S/C16H23F2NOS/c1-4-19-15-13(6-5-9-16(15,2)3)21(20)14-10-11(17)7-8-12(14)18/h7-8,10,13,15,19H,4-6,9H2,1-3H3. The van der Waals surface area contributed by atoms with Gasteiger partial charge in [-0.2, -0.15) is 0 Å². The van der Waals surface area contributed by atoms with E-state index in [-0.39, 0.29) is 21.6 Å². The molecule has 0 saturated heterocycles. The Hall–Kier alpha value is -0.810. The molecule has 1 N–H and O–H groups in total. The molecule has 1 aliphatic rings. The fourth-order valence-corrected chi connectivity index (χ4v) is 5.14. The highest BCUT2D eigenvalue weighted by Gasteiger charge is 2.42. The molecule has 0 heterocycles. The topological polar surface area (TPSA) is 29.1 Å². The third kappa shape index (κ3) is 3.51. The molecule has 1 aliphatic carbocycles. The van der Waals surface area contributed by atoms with Gasteiger partial charge in [-0.3, -0.25) is 4.21 Å². The summed E-state index contributed by atoms with van der Waals surface area (Å²) in [4.78, 5) is -0.0133. The highest BCUT2D eigenvalue weighted by Crippen LogP contribution is 2.39. The number of nitrogens with one attached hydrogen (secondary N) is 1. The van der Waals surface area contributed by atoms with Crippen LogP contribution in [-0.4, -0.2) is 22.0 Å². The van der Waals surface area contributed by atoms with Crippen LogP contribution in [0.1, 0.15) is 40.0 Å². The van der Waals surface area contributed by atoms with Gasteiger partial charge in [0, 0.05) is 6.04 Å². The first-order valence-electron chi connectivity index (χ1n) is 7.46. The summed E-state index contributed by atoms with van der Waals surface area (Å²) in [6.45, 7) is 7.07. The maximum absolute atomic E-state index is 13.9. The predicted molar refractivity (Wildman–Crippen MR) is 81.7 cm³/mol. The van der Waals surface area contributed by atoms with Crippen molar-refractivity contribution in [3.63, 3.8) is 0 Å². The summed E-state index contributed by atoms with van der Waals surface area (Å²) in [7, 11) is -1.55. The van der Waals surface area contributed by atoms with Gasteiger partial charge in [-0.25, -0.2) is 8.78 Å². The molecule has 0 amide bonds. The predicted octanol–water partition coefficient (Wildman–Crippen LogP) is 3.63. The van der Waals surface area contributed by atoms with Crippen molar-refractivity contribution in [2.24, 2.45) is 5.41 Å². The lowest BCUT2D eigenvalue weighted by molar-refractivity contribution is 0.174. The number of halogens is 2. The van der Waals surface area contributed by atoms with Crippen molar-refractivity contribution in [1.82, 2.24) is 5.32 Å². The third-order valence-electron chi connectivity index (χ3n) is 4.33. The lowest BCUT2D eigenvalue weighted by atomic mass is 9.73. The maximum Gasteiger partial charge on any atom is 0.139 e. The van der Waals surface area contributed by atoms with Crippen molar-refractivity contribution in [1.29, 1.82) is 0 Å². The molecule has 2 nitrogen and oxygen atoms in total. The van der Waals surface area contributed by atoms with E-state index in [1.54, 1.807) is 0 Å². The average Bonchev–Trinajstić information content (AvgIpc) is 2.43. The van der Waals surface area contributed by atoms with Crippen molar-refractivity contribution in [3.8, 4) is 0 Å². The van der Waals surface area contributed by atoms with Gasteiger partial charge in [-0.1, -0.05) is 27.2 Å². The molecule has 0 bridgehead atoms. The van der Waals surface area contributed by atoms with Gasteiger partial charge < -0.3 is 5.32 Å². The van der Waals surface area contributed by atoms with Gasteiger partial charge in [0.1, 0.15) is 11.6 Å². The van der Waals surface area contributed by atoms with Crippen LogP contribution in [0.3, 0.4) is 0 Å². The molecule has 1 fully saturated rings. The van der Waals surface area contributed by atoms with E-state index >= 15 is 0 Å². The van der Waals surface area contributed by atoms with E-state index < -0.39 is 22.4 Å². The number of benzene rings is 1. The van der Waals surface area contributed by atoms with E-state index in [4.69, 9.17) is 0 Å². The highest BCUT2D eigenvalue weighted by molar-refractivity contribution is 7.85. The first-order chi connectivity index (χ1) is 9.86. The Labute approximate surface area is 127 Å². The smallest absolute Gasteiger partial charge is 0.139 e. The van der Waals surface area contributed by atoms with Gasteiger partial charge in [0.2, 0.25) is 0 Å². The average molecular weight is 315 g/mol. The Kier molecular flexibility index (Phi) is 5.15.